The van der Waals surface area contributed by atoms with E-state index in [-0.39, 0.29) is 18.3 Å². The average Bonchev–Trinajstić information content (AvgIpc) is 2.20. The van der Waals surface area contributed by atoms with E-state index >= 15 is 0 Å². The number of nitrogens with two attached hydrogens (primary N) is 1. The van der Waals surface area contributed by atoms with Crippen molar-refractivity contribution < 1.29 is 19.5 Å². The van der Waals surface area contributed by atoms with Crippen LogP contribution >= 0.6 is 0 Å². The Balaban J connectivity index is 4.46. The minimum absolute atomic E-state index is 0.0141. The Bertz CT molecular complexity index is 349. The molecule has 3 amide bonds. The van der Waals surface area contributed by atoms with Crippen molar-refractivity contribution in [3.63, 3.8) is 0 Å². The smallest absolute Gasteiger partial charge is 0.326 e. The number of nitrogens with zero attached hydrogens (tertiary/aromatic N) is 1. The first kappa shape index (κ1) is 17.2. The second kappa shape index (κ2) is 6.96. The maximum absolute atomic E-state index is 11.8. The Morgan fingerprint density at radius 1 is 1.32 bits per heavy atom. The van der Waals surface area contributed by atoms with Crippen LogP contribution in [0.15, 0.2) is 0 Å². The molecule has 0 aliphatic carbocycles. The number of carbonyl (C=O) groups is 3. The van der Waals surface area contributed by atoms with Gasteiger partial charge in [-0.25, -0.2) is 9.59 Å². The lowest BCUT2D eigenvalue weighted by Gasteiger charge is -2.27. The molecule has 0 saturated heterocycles. The van der Waals surface area contributed by atoms with Crippen molar-refractivity contribution in [1.82, 2.24) is 10.2 Å². The number of aliphatic carboxylic acids is 1. The molecule has 0 aliphatic heterocycles. The van der Waals surface area contributed by atoms with Gasteiger partial charge in [0.2, 0.25) is 5.91 Å². The van der Waals surface area contributed by atoms with Gasteiger partial charge in [-0.2, -0.15) is 0 Å². The molecule has 4 N–H and O–H groups in total. The lowest BCUT2D eigenvalue weighted by atomic mass is 9.96. The molecule has 0 fully saturated rings. The summed E-state index contributed by atoms with van der Waals surface area (Å²) in [6.07, 6.45) is -0.0972. The molecule has 0 saturated carbocycles. The van der Waals surface area contributed by atoms with E-state index in [1.54, 1.807) is 7.05 Å². The van der Waals surface area contributed by atoms with E-state index in [0.717, 1.165) is 0 Å². The summed E-state index contributed by atoms with van der Waals surface area (Å²) in [4.78, 5) is 34.8. The Hall–Kier alpha value is -1.79. The van der Waals surface area contributed by atoms with Crippen LogP contribution in [0.5, 0.6) is 0 Å². The summed E-state index contributed by atoms with van der Waals surface area (Å²) in [5, 5.41) is 11.3. The van der Waals surface area contributed by atoms with Crippen LogP contribution in [0, 0.1) is 5.41 Å². The third kappa shape index (κ3) is 8.01. The predicted molar refractivity (Wildman–Crippen MR) is 70.5 cm³/mol. The summed E-state index contributed by atoms with van der Waals surface area (Å²) in [6, 6.07) is -1.59. The van der Waals surface area contributed by atoms with Gasteiger partial charge in [0.15, 0.2) is 0 Å². The molecular formula is C12H23N3O4. The second-order valence-electron chi connectivity index (χ2n) is 5.76. The van der Waals surface area contributed by atoms with Gasteiger partial charge in [-0.05, 0) is 11.8 Å². The van der Waals surface area contributed by atoms with Gasteiger partial charge in [-0.1, -0.05) is 20.8 Å². The first-order valence-corrected chi connectivity index (χ1v) is 6.05. The van der Waals surface area contributed by atoms with Crippen LogP contribution in [-0.2, 0) is 9.59 Å². The summed E-state index contributed by atoms with van der Waals surface area (Å²) in [6.45, 7) is 6.40. The van der Waals surface area contributed by atoms with E-state index in [0.29, 0.717) is 6.54 Å². The number of primary amides is 1. The fourth-order valence-electron chi connectivity index (χ4n) is 1.59. The van der Waals surface area contributed by atoms with Crippen molar-refractivity contribution in [3.8, 4) is 0 Å². The number of rotatable bonds is 6. The fourth-order valence-corrected chi connectivity index (χ4v) is 1.59. The number of hydrogen-bond donors (Lipinski definition) is 3. The van der Waals surface area contributed by atoms with Crippen LogP contribution in [0.3, 0.4) is 0 Å². The van der Waals surface area contributed by atoms with Crippen LogP contribution in [0.4, 0.5) is 4.79 Å². The van der Waals surface area contributed by atoms with Crippen LogP contribution in [-0.4, -0.2) is 47.5 Å². The van der Waals surface area contributed by atoms with Gasteiger partial charge >= 0.3 is 12.0 Å². The minimum atomic E-state index is -1.18. The molecule has 0 rings (SSSR count). The normalized spacial score (nSPS) is 12.6. The highest BCUT2D eigenvalue weighted by molar-refractivity contribution is 5.83. The lowest BCUT2D eigenvalue weighted by molar-refractivity contribution is -0.139. The molecule has 7 heteroatoms. The van der Waals surface area contributed by atoms with E-state index in [9.17, 15) is 14.4 Å². The van der Waals surface area contributed by atoms with Crippen molar-refractivity contribution in [2.45, 2.75) is 39.7 Å². The zero-order valence-electron chi connectivity index (χ0n) is 11.9. The molecular weight excluding hydrogens is 250 g/mol. The Kier molecular flexibility index (Phi) is 6.31. The molecule has 0 unspecified atom stereocenters. The number of hydrogen-bond acceptors (Lipinski definition) is 3. The molecule has 19 heavy (non-hydrogen) atoms. The summed E-state index contributed by atoms with van der Waals surface area (Å²) >= 11 is 0. The lowest BCUT2D eigenvalue weighted by Crippen LogP contribution is -2.48. The SMILES string of the molecule is CN(CC(C)(C)C)C(=O)N[C@@H](CCC(N)=O)C(=O)O. The molecule has 0 spiro atoms. The first-order chi connectivity index (χ1) is 8.53. The maximum atomic E-state index is 11.8. The van der Waals surface area contributed by atoms with Crippen molar-refractivity contribution in [3.05, 3.63) is 0 Å². The minimum Gasteiger partial charge on any atom is -0.480 e. The van der Waals surface area contributed by atoms with Crippen molar-refractivity contribution >= 4 is 17.9 Å². The van der Waals surface area contributed by atoms with Gasteiger partial charge in [-0.3, -0.25) is 4.79 Å². The molecule has 110 valence electrons. The Labute approximate surface area is 113 Å². The number of nitrogens with one attached hydrogen (secondary N) is 1. The Morgan fingerprint density at radius 2 is 1.84 bits per heavy atom. The Morgan fingerprint density at radius 3 is 2.21 bits per heavy atom. The predicted octanol–water partition coefficient (Wildman–Crippen LogP) is 0.393. The quantitative estimate of drug-likeness (QED) is 0.649. The molecule has 7 nitrogen and oxygen atoms in total. The number of carbonyl (C=O) groups excluding carboxylic acids is 2. The first-order valence-electron chi connectivity index (χ1n) is 6.05. The van der Waals surface area contributed by atoms with E-state index in [2.05, 4.69) is 5.32 Å². The van der Waals surface area contributed by atoms with Gasteiger partial charge in [0, 0.05) is 20.0 Å². The van der Waals surface area contributed by atoms with Crippen molar-refractivity contribution in [1.29, 1.82) is 0 Å². The van der Waals surface area contributed by atoms with Gasteiger partial charge in [0.05, 0.1) is 0 Å². The largest absolute Gasteiger partial charge is 0.480 e. The fraction of sp³-hybridized carbons (Fsp3) is 0.750. The van der Waals surface area contributed by atoms with Crippen molar-refractivity contribution in [2.24, 2.45) is 11.1 Å². The van der Waals surface area contributed by atoms with E-state index in [4.69, 9.17) is 10.8 Å². The number of carboxylic acid groups (broad SMARTS) is 1. The summed E-state index contributed by atoms with van der Waals surface area (Å²) < 4.78 is 0. The highest BCUT2D eigenvalue weighted by atomic mass is 16.4. The summed E-state index contributed by atoms with van der Waals surface area (Å²) in [5.41, 5.74) is 4.87. The van der Waals surface area contributed by atoms with Crippen LogP contribution in [0.1, 0.15) is 33.6 Å². The maximum Gasteiger partial charge on any atom is 0.326 e. The van der Waals surface area contributed by atoms with Crippen molar-refractivity contribution in [2.75, 3.05) is 13.6 Å². The van der Waals surface area contributed by atoms with E-state index in [1.807, 2.05) is 20.8 Å². The van der Waals surface area contributed by atoms with Crippen LogP contribution in [0.25, 0.3) is 0 Å². The average molecular weight is 273 g/mol. The van der Waals surface area contributed by atoms with Gasteiger partial charge in [0.1, 0.15) is 6.04 Å². The monoisotopic (exact) mass is 273 g/mol. The highest BCUT2D eigenvalue weighted by Gasteiger charge is 2.24. The highest BCUT2D eigenvalue weighted by Crippen LogP contribution is 2.14. The third-order valence-electron chi connectivity index (χ3n) is 2.33. The standard InChI is InChI=1S/C12H23N3O4/c1-12(2,3)7-15(4)11(19)14-8(10(17)18)5-6-9(13)16/h8H,5-7H2,1-4H3,(H2,13,16)(H,14,19)(H,17,18)/t8-/m0/s1. The van der Waals surface area contributed by atoms with Gasteiger partial charge < -0.3 is 21.1 Å². The molecule has 0 radical (unpaired) electrons. The third-order valence-corrected chi connectivity index (χ3v) is 2.33. The van der Waals surface area contributed by atoms with Crippen LogP contribution < -0.4 is 11.1 Å². The molecule has 0 aromatic carbocycles. The molecule has 1 atom stereocenters. The van der Waals surface area contributed by atoms with E-state index < -0.39 is 23.9 Å². The molecule has 0 aromatic heterocycles. The zero-order chi connectivity index (χ0) is 15.2. The molecule has 0 aromatic rings. The second-order valence-corrected chi connectivity index (χ2v) is 5.76. The molecule has 0 heterocycles. The van der Waals surface area contributed by atoms with Gasteiger partial charge in [-0.15, -0.1) is 0 Å². The number of amides is 3. The molecule has 0 bridgehead atoms. The van der Waals surface area contributed by atoms with E-state index in [1.165, 1.54) is 4.90 Å². The zero-order valence-corrected chi connectivity index (χ0v) is 11.9. The number of carboxylic acids is 1. The summed E-state index contributed by atoms with van der Waals surface area (Å²) in [7, 11) is 1.59. The molecule has 0 aliphatic rings. The number of urea groups is 1. The summed E-state index contributed by atoms with van der Waals surface area (Å²) in [5.74, 6) is -1.78. The van der Waals surface area contributed by atoms with Gasteiger partial charge in [0.25, 0.3) is 0 Å². The van der Waals surface area contributed by atoms with Crippen LogP contribution in [0.2, 0.25) is 0 Å². The topological polar surface area (TPSA) is 113 Å².